The van der Waals surface area contributed by atoms with E-state index in [1.165, 1.54) is 13.0 Å². The maximum atomic E-state index is 12.1. The molecule has 1 atom stereocenters. The number of halogens is 1. The number of aryl methyl sites for hydroxylation is 1. The molecule has 0 aliphatic rings. The van der Waals surface area contributed by atoms with Crippen molar-refractivity contribution in [3.8, 4) is 0 Å². The Bertz CT molecular complexity index is 771. The second-order valence-corrected chi connectivity index (χ2v) is 5.71. The fraction of sp³-hybridized carbons (Fsp3) is 0.158. The molecule has 0 fully saturated rings. The highest BCUT2D eigenvalue weighted by Crippen LogP contribution is 2.14. The lowest BCUT2D eigenvalue weighted by Gasteiger charge is -2.13. The summed E-state index contributed by atoms with van der Waals surface area (Å²) in [6.45, 7) is 3.42. The Kier molecular flexibility index (Phi) is 6.15. The van der Waals surface area contributed by atoms with E-state index in [2.05, 4.69) is 5.32 Å². The third-order valence-electron chi connectivity index (χ3n) is 3.33. The Morgan fingerprint density at radius 3 is 2.62 bits per heavy atom. The molecule has 1 amide bonds. The van der Waals surface area contributed by atoms with Gasteiger partial charge in [-0.3, -0.25) is 4.79 Å². The van der Waals surface area contributed by atoms with Gasteiger partial charge in [-0.15, -0.1) is 0 Å². The van der Waals surface area contributed by atoms with Crippen LogP contribution in [0.5, 0.6) is 0 Å². The molecule has 0 aromatic heterocycles. The maximum absolute atomic E-state index is 12.1. The first-order valence-electron chi connectivity index (χ1n) is 7.46. The molecule has 2 aromatic carbocycles. The standard InChI is InChI=1S/C19H18ClNO3/c1-13-6-3-4-9-17(13)21-19(23)14(2)24-18(22)11-10-15-7-5-8-16(20)12-15/h3-12,14H,1-2H3,(H,21,23)/b11-10+. The number of para-hydroxylation sites is 1. The Balaban J connectivity index is 1.91. The second-order valence-electron chi connectivity index (χ2n) is 5.27. The molecule has 0 aliphatic heterocycles. The second kappa shape index (κ2) is 8.31. The van der Waals surface area contributed by atoms with Crippen molar-refractivity contribution in [1.29, 1.82) is 0 Å². The maximum Gasteiger partial charge on any atom is 0.331 e. The van der Waals surface area contributed by atoms with Crippen LogP contribution in [0.4, 0.5) is 5.69 Å². The van der Waals surface area contributed by atoms with Crippen molar-refractivity contribution in [2.24, 2.45) is 0 Å². The van der Waals surface area contributed by atoms with Gasteiger partial charge in [0.1, 0.15) is 0 Å². The van der Waals surface area contributed by atoms with E-state index in [1.807, 2.05) is 31.2 Å². The Hall–Kier alpha value is -2.59. The van der Waals surface area contributed by atoms with Gasteiger partial charge < -0.3 is 10.1 Å². The number of carbonyl (C=O) groups excluding carboxylic acids is 2. The van der Waals surface area contributed by atoms with E-state index in [1.54, 1.807) is 30.3 Å². The van der Waals surface area contributed by atoms with Gasteiger partial charge >= 0.3 is 5.97 Å². The Labute approximate surface area is 146 Å². The average molecular weight is 344 g/mol. The summed E-state index contributed by atoms with van der Waals surface area (Å²) in [6, 6.07) is 14.5. The number of hydrogen-bond donors (Lipinski definition) is 1. The lowest BCUT2D eigenvalue weighted by Crippen LogP contribution is -2.29. The fourth-order valence-corrected chi connectivity index (χ4v) is 2.19. The quantitative estimate of drug-likeness (QED) is 0.652. The number of nitrogens with one attached hydrogen (secondary N) is 1. The molecular formula is C19H18ClNO3. The van der Waals surface area contributed by atoms with Crippen LogP contribution in [0.15, 0.2) is 54.6 Å². The minimum Gasteiger partial charge on any atom is -0.449 e. The summed E-state index contributed by atoms with van der Waals surface area (Å²) >= 11 is 5.87. The van der Waals surface area contributed by atoms with E-state index in [0.29, 0.717) is 10.7 Å². The van der Waals surface area contributed by atoms with Gasteiger partial charge in [-0.25, -0.2) is 4.79 Å². The first-order chi connectivity index (χ1) is 11.5. The van der Waals surface area contributed by atoms with Gasteiger partial charge in [0.2, 0.25) is 0 Å². The topological polar surface area (TPSA) is 55.4 Å². The zero-order valence-corrected chi connectivity index (χ0v) is 14.2. The highest BCUT2D eigenvalue weighted by atomic mass is 35.5. The largest absolute Gasteiger partial charge is 0.449 e. The number of rotatable bonds is 5. The van der Waals surface area contributed by atoms with E-state index < -0.39 is 12.1 Å². The van der Waals surface area contributed by atoms with Crippen molar-refractivity contribution in [2.75, 3.05) is 5.32 Å². The lowest BCUT2D eigenvalue weighted by molar-refractivity contribution is -0.148. The van der Waals surface area contributed by atoms with Crippen molar-refractivity contribution < 1.29 is 14.3 Å². The number of hydrogen-bond acceptors (Lipinski definition) is 3. The minimum absolute atomic E-state index is 0.381. The van der Waals surface area contributed by atoms with E-state index in [-0.39, 0.29) is 5.91 Å². The molecule has 1 N–H and O–H groups in total. The van der Waals surface area contributed by atoms with E-state index in [4.69, 9.17) is 16.3 Å². The molecule has 0 heterocycles. The monoisotopic (exact) mass is 343 g/mol. The van der Waals surface area contributed by atoms with E-state index in [9.17, 15) is 9.59 Å². The van der Waals surface area contributed by atoms with Crippen LogP contribution < -0.4 is 5.32 Å². The van der Waals surface area contributed by atoms with Gasteiger partial charge in [0, 0.05) is 16.8 Å². The van der Waals surface area contributed by atoms with Crippen LogP contribution in [-0.4, -0.2) is 18.0 Å². The summed E-state index contributed by atoms with van der Waals surface area (Å²) in [5, 5.41) is 3.32. The Morgan fingerprint density at radius 2 is 1.92 bits per heavy atom. The van der Waals surface area contributed by atoms with Crippen LogP contribution in [-0.2, 0) is 14.3 Å². The molecule has 0 aliphatic carbocycles. The average Bonchev–Trinajstić information content (AvgIpc) is 2.55. The summed E-state index contributed by atoms with van der Waals surface area (Å²) in [6.07, 6.45) is 1.95. The van der Waals surface area contributed by atoms with Crippen molar-refractivity contribution in [2.45, 2.75) is 20.0 Å². The molecule has 0 spiro atoms. The Morgan fingerprint density at radius 1 is 1.17 bits per heavy atom. The van der Waals surface area contributed by atoms with Crippen molar-refractivity contribution in [3.63, 3.8) is 0 Å². The molecule has 0 bridgehead atoms. The summed E-state index contributed by atoms with van der Waals surface area (Å²) in [5.74, 6) is -0.976. The first kappa shape index (κ1) is 17.8. The zero-order valence-electron chi connectivity index (χ0n) is 13.5. The normalized spacial score (nSPS) is 12.0. The molecule has 24 heavy (non-hydrogen) atoms. The summed E-state index contributed by atoms with van der Waals surface area (Å²) in [5.41, 5.74) is 2.40. The van der Waals surface area contributed by atoms with Gasteiger partial charge in [-0.05, 0) is 49.2 Å². The van der Waals surface area contributed by atoms with Crippen molar-refractivity contribution in [3.05, 3.63) is 70.8 Å². The molecular weight excluding hydrogens is 326 g/mol. The highest BCUT2D eigenvalue weighted by molar-refractivity contribution is 6.30. The highest BCUT2D eigenvalue weighted by Gasteiger charge is 2.17. The third-order valence-corrected chi connectivity index (χ3v) is 3.56. The molecule has 0 radical (unpaired) electrons. The van der Waals surface area contributed by atoms with Crippen molar-refractivity contribution >= 4 is 35.2 Å². The van der Waals surface area contributed by atoms with Crippen LogP contribution in [0.3, 0.4) is 0 Å². The molecule has 2 rings (SSSR count). The molecule has 4 nitrogen and oxygen atoms in total. The number of benzene rings is 2. The van der Waals surface area contributed by atoms with Crippen LogP contribution >= 0.6 is 11.6 Å². The number of esters is 1. The molecule has 0 saturated carbocycles. The van der Waals surface area contributed by atoms with E-state index in [0.717, 1.165) is 11.1 Å². The van der Waals surface area contributed by atoms with Crippen LogP contribution in [0.25, 0.3) is 6.08 Å². The van der Waals surface area contributed by atoms with Gasteiger partial charge in [-0.2, -0.15) is 0 Å². The van der Waals surface area contributed by atoms with Crippen LogP contribution in [0.2, 0.25) is 5.02 Å². The zero-order chi connectivity index (χ0) is 17.5. The molecule has 5 heteroatoms. The van der Waals surface area contributed by atoms with Crippen LogP contribution in [0.1, 0.15) is 18.1 Å². The molecule has 0 saturated heterocycles. The van der Waals surface area contributed by atoms with Gasteiger partial charge in [0.25, 0.3) is 5.91 Å². The number of ether oxygens (including phenoxy) is 1. The predicted octanol–water partition coefficient (Wildman–Crippen LogP) is 4.23. The molecule has 1 unspecified atom stereocenters. The SMILES string of the molecule is Cc1ccccc1NC(=O)C(C)OC(=O)/C=C/c1cccc(Cl)c1. The summed E-state index contributed by atoms with van der Waals surface area (Å²) in [4.78, 5) is 23.9. The smallest absolute Gasteiger partial charge is 0.331 e. The first-order valence-corrected chi connectivity index (χ1v) is 7.84. The summed E-state index contributed by atoms with van der Waals surface area (Å²) in [7, 11) is 0. The van der Waals surface area contributed by atoms with Gasteiger partial charge in [0.15, 0.2) is 6.10 Å². The van der Waals surface area contributed by atoms with Gasteiger partial charge in [0.05, 0.1) is 0 Å². The van der Waals surface area contributed by atoms with Crippen LogP contribution in [0, 0.1) is 6.92 Å². The van der Waals surface area contributed by atoms with Gasteiger partial charge in [-0.1, -0.05) is 41.9 Å². The summed E-state index contributed by atoms with van der Waals surface area (Å²) < 4.78 is 5.11. The molecule has 2 aromatic rings. The lowest BCUT2D eigenvalue weighted by atomic mass is 10.2. The minimum atomic E-state index is -0.902. The fourth-order valence-electron chi connectivity index (χ4n) is 1.99. The third kappa shape index (κ3) is 5.25. The van der Waals surface area contributed by atoms with Crippen molar-refractivity contribution in [1.82, 2.24) is 0 Å². The molecule has 124 valence electrons. The number of carbonyl (C=O) groups is 2. The number of amides is 1. The predicted molar refractivity (Wildman–Crippen MR) is 95.8 cm³/mol. The number of anilines is 1. The van der Waals surface area contributed by atoms with E-state index >= 15 is 0 Å².